The zero-order valence-electron chi connectivity index (χ0n) is 7.88. The number of hydrogen-bond donors (Lipinski definition) is 1. The third-order valence-electron chi connectivity index (χ3n) is 2.24. The highest BCUT2D eigenvalue weighted by atomic mass is 35.5. The first-order chi connectivity index (χ1) is 6.24. The highest BCUT2D eigenvalue weighted by molar-refractivity contribution is 6.20. The summed E-state index contributed by atoms with van der Waals surface area (Å²) in [5.74, 6) is 0.123. The topological polar surface area (TPSA) is 38.3 Å². The van der Waals surface area contributed by atoms with Gasteiger partial charge in [0.25, 0.3) is 0 Å². The quantitative estimate of drug-likeness (QED) is 0.700. The van der Waals surface area contributed by atoms with E-state index in [9.17, 15) is 4.79 Å². The van der Waals surface area contributed by atoms with E-state index in [1.807, 2.05) is 6.92 Å². The van der Waals surface area contributed by atoms with Gasteiger partial charge in [0.15, 0.2) is 0 Å². The molecule has 0 radical (unpaired) electrons. The molecule has 76 valence electrons. The van der Waals surface area contributed by atoms with Crippen molar-refractivity contribution in [2.45, 2.75) is 25.1 Å². The van der Waals surface area contributed by atoms with Gasteiger partial charge in [0.1, 0.15) is 0 Å². The highest BCUT2D eigenvalue weighted by Gasteiger charge is 2.23. The largest absolute Gasteiger partial charge is 0.381 e. The van der Waals surface area contributed by atoms with Gasteiger partial charge in [-0.3, -0.25) is 4.79 Å². The maximum Gasteiger partial charge on any atom is 0.225 e. The second kappa shape index (κ2) is 5.45. The SMILES string of the molecule is CCC(Cl)CNC(=O)C1CCOC1. The molecule has 1 aliphatic heterocycles. The molecule has 0 aromatic carbocycles. The molecule has 1 fully saturated rings. The summed E-state index contributed by atoms with van der Waals surface area (Å²) >= 11 is 5.87. The second-order valence-electron chi connectivity index (χ2n) is 3.31. The molecule has 1 aliphatic rings. The van der Waals surface area contributed by atoms with Crippen LogP contribution >= 0.6 is 11.6 Å². The van der Waals surface area contributed by atoms with Gasteiger partial charge in [-0.05, 0) is 12.8 Å². The Morgan fingerprint density at radius 3 is 3.08 bits per heavy atom. The van der Waals surface area contributed by atoms with Crippen LogP contribution in [0.3, 0.4) is 0 Å². The molecule has 0 aliphatic carbocycles. The molecule has 0 aromatic heterocycles. The number of carbonyl (C=O) groups is 1. The first-order valence-corrected chi connectivity index (χ1v) is 5.17. The van der Waals surface area contributed by atoms with Crippen LogP contribution in [0, 0.1) is 5.92 Å². The molecular formula is C9H16ClNO2. The lowest BCUT2D eigenvalue weighted by molar-refractivity contribution is -0.124. The van der Waals surface area contributed by atoms with Crippen molar-refractivity contribution in [1.82, 2.24) is 5.32 Å². The molecule has 3 nitrogen and oxygen atoms in total. The summed E-state index contributed by atoms with van der Waals surface area (Å²) < 4.78 is 5.12. The lowest BCUT2D eigenvalue weighted by Crippen LogP contribution is -2.34. The molecule has 4 heteroatoms. The average molecular weight is 206 g/mol. The third kappa shape index (κ3) is 3.53. The van der Waals surface area contributed by atoms with Crippen molar-refractivity contribution in [3.63, 3.8) is 0 Å². The summed E-state index contributed by atoms with van der Waals surface area (Å²) in [4.78, 5) is 11.4. The van der Waals surface area contributed by atoms with E-state index in [0.29, 0.717) is 19.8 Å². The monoisotopic (exact) mass is 205 g/mol. The van der Waals surface area contributed by atoms with E-state index in [0.717, 1.165) is 12.8 Å². The maximum absolute atomic E-state index is 11.4. The number of amides is 1. The van der Waals surface area contributed by atoms with Crippen molar-refractivity contribution in [3.8, 4) is 0 Å². The minimum atomic E-state index is 0.0423. The first-order valence-electron chi connectivity index (χ1n) is 4.73. The Morgan fingerprint density at radius 2 is 2.54 bits per heavy atom. The number of alkyl halides is 1. The second-order valence-corrected chi connectivity index (χ2v) is 3.93. The number of hydrogen-bond acceptors (Lipinski definition) is 2. The normalized spacial score (nSPS) is 24.3. The Morgan fingerprint density at radius 1 is 1.77 bits per heavy atom. The number of rotatable bonds is 4. The zero-order valence-corrected chi connectivity index (χ0v) is 8.64. The van der Waals surface area contributed by atoms with E-state index in [1.54, 1.807) is 0 Å². The Kier molecular flexibility index (Phi) is 4.53. The Labute approximate surface area is 83.8 Å². The molecule has 1 N–H and O–H groups in total. The Hall–Kier alpha value is -0.280. The predicted molar refractivity (Wildman–Crippen MR) is 51.9 cm³/mol. The summed E-state index contributed by atoms with van der Waals surface area (Å²) in [6.07, 6.45) is 1.72. The van der Waals surface area contributed by atoms with Crippen LogP contribution in [-0.2, 0) is 9.53 Å². The summed E-state index contributed by atoms with van der Waals surface area (Å²) in [6, 6.07) is 0. The molecule has 0 spiro atoms. The van der Waals surface area contributed by atoms with Crippen molar-refractivity contribution >= 4 is 17.5 Å². The molecule has 0 bridgehead atoms. The van der Waals surface area contributed by atoms with Gasteiger partial charge in [0.05, 0.1) is 17.9 Å². The minimum absolute atomic E-state index is 0.0423. The van der Waals surface area contributed by atoms with E-state index < -0.39 is 0 Å². The predicted octanol–water partition coefficient (Wildman–Crippen LogP) is 1.16. The van der Waals surface area contributed by atoms with Crippen LogP contribution in [0.2, 0.25) is 0 Å². The van der Waals surface area contributed by atoms with Crippen LogP contribution < -0.4 is 5.32 Å². The summed E-state index contributed by atoms with van der Waals surface area (Å²) in [7, 11) is 0. The molecule has 1 rings (SSSR count). The molecule has 1 saturated heterocycles. The molecular weight excluding hydrogens is 190 g/mol. The van der Waals surface area contributed by atoms with Crippen molar-refractivity contribution < 1.29 is 9.53 Å². The molecule has 1 heterocycles. The highest BCUT2D eigenvalue weighted by Crippen LogP contribution is 2.12. The van der Waals surface area contributed by atoms with Crippen LogP contribution in [0.15, 0.2) is 0 Å². The fourth-order valence-electron chi connectivity index (χ4n) is 1.24. The molecule has 0 aromatic rings. The van der Waals surface area contributed by atoms with Gasteiger partial charge in [-0.1, -0.05) is 6.92 Å². The lowest BCUT2D eigenvalue weighted by atomic mass is 10.1. The third-order valence-corrected chi connectivity index (χ3v) is 2.70. The van der Waals surface area contributed by atoms with E-state index in [2.05, 4.69) is 5.32 Å². The lowest BCUT2D eigenvalue weighted by Gasteiger charge is -2.11. The fraction of sp³-hybridized carbons (Fsp3) is 0.889. The molecule has 1 amide bonds. The molecule has 0 saturated carbocycles. The zero-order chi connectivity index (χ0) is 9.68. The van der Waals surface area contributed by atoms with Crippen molar-refractivity contribution in [2.75, 3.05) is 19.8 Å². The van der Waals surface area contributed by atoms with Gasteiger partial charge >= 0.3 is 0 Å². The van der Waals surface area contributed by atoms with Crippen LogP contribution in [0.4, 0.5) is 0 Å². The van der Waals surface area contributed by atoms with Gasteiger partial charge in [0.2, 0.25) is 5.91 Å². The van der Waals surface area contributed by atoms with Crippen LogP contribution in [-0.4, -0.2) is 31.0 Å². The van der Waals surface area contributed by atoms with Crippen molar-refractivity contribution in [2.24, 2.45) is 5.92 Å². The van der Waals surface area contributed by atoms with Gasteiger partial charge in [-0.15, -0.1) is 11.6 Å². The number of ether oxygens (including phenoxy) is 1. The van der Waals surface area contributed by atoms with Crippen LogP contribution in [0.25, 0.3) is 0 Å². The average Bonchev–Trinajstić information content (AvgIpc) is 2.66. The standard InChI is InChI=1S/C9H16ClNO2/c1-2-8(10)5-11-9(12)7-3-4-13-6-7/h7-8H,2-6H2,1H3,(H,11,12). The maximum atomic E-state index is 11.4. The first kappa shape index (κ1) is 10.8. The van der Waals surface area contributed by atoms with Gasteiger partial charge in [-0.25, -0.2) is 0 Å². The minimum Gasteiger partial charge on any atom is -0.381 e. The smallest absolute Gasteiger partial charge is 0.225 e. The summed E-state index contributed by atoms with van der Waals surface area (Å²) in [6.45, 7) is 3.83. The Bertz CT molecular complexity index is 169. The van der Waals surface area contributed by atoms with Crippen LogP contribution in [0.1, 0.15) is 19.8 Å². The van der Waals surface area contributed by atoms with Gasteiger partial charge in [0, 0.05) is 13.2 Å². The van der Waals surface area contributed by atoms with Crippen LogP contribution in [0.5, 0.6) is 0 Å². The molecule has 2 atom stereocenters. The fourth-order valence-corrected chi connectivity index (χ4v) is 1.32. The van der Waals surface area contributed by atoms with Crippen molar-refractivity contribution in [1.29, 1.82) is 0 Å². The molecule has 13 heavy (non-hydrogen) atoms. The number of carbonyl (C=O) groups excluding carboxylic acids is 1. The van der Waals surface area contributed by atoms with Gasteiger partial charge < -0.3 is 10.1 Å². The number of halogens is 1. The van der Waals surface area contributed by atoms with Crippen molar-refractivity contribution in [3.05, 3.63) is 0 Å². The Balaban J connectivity index is 2.16. The van der Waals surface area contributed by atoms with E-state index in [4.69, 9.17) is 16.3 Å². The van der Waals surface area contributed by atoms with E-state index in [-0.39, 0.29) is 17.2 Å². The van der Waals surface area contributed by atoms with E-state index >= 15 is 0 Å². The molecule has 2 unspecified atom stereocenters. The summed E-state index contributed by atoms with van der Waals surface area (Å²) in [5, 5.41) is 2.87. The van der Waals surface area contributed by atoms with Gasteiger partial charge in [-0.2, -0.15) is 0 Å². The van der Waals surface area contributed by atoms with E-state index in [1.165, 1.54) is 0 Å². The number of nitrogens with one attached hydrogen (secondary N) is 1. The summed E-state index contributed by atoms with van der Waals surface area (Å²) in [5.41, 5.74) is 0.